The highest BCUT2D eigenvalue weighted by Crippen LogP contribution is 2.45. The van der Waals surface area contributed by atoms with E-state index in [1.807, 2.05) is 66.7 Å². The van der Waals surface area contributed by atoms with Gasteiger partial charge in [0.2, 0.25) is 0 Å². The number of nitrogens with zero attached hydrogens (tertiary/aromatic N) is 3. The summed E-state index contributed by atoms with van der Waals surface area (Å²) in [6, 6.07) is 65.1. The lowest BCUT2D eigenvalue weighted by Crippen LogP contribution is -2.01. The van der Waals surface area contributed by atoms with Crippen LogP contribution in [0.1, 0.15) is 0 Å². The molecular weight excluding hydrogens is 711 g/mol. The summed E-state index contributed by atoms with van der Waals surface area (Å²) in [7, 11) is 0. The van der Waals surface area contributed by atoms with Crippen LogP contribution in [0.25, 0.3) is 122 Å². The van der Waals surface area contributed by atoms with Gasteiger partial charge in [-0.15, -0.1) is 0 Å². The van der Waals surface area contributed by atoms with Gasteiger partial charge in [-0.1, -0.05) is 152 Å². The van der Waals surface area contributed by atoms with Gasteiger partial charge in [0, 0.05) is 38.2 Å². The fourth-order valence-electron chi connectivity index (χ4n) is 8.62. The molecule has 0 aliphatic rings. The first-order valence-electron chi connectivity index (χ1n) is 19.4. The van der Waals surface area contributed by atoms with Crippen molar-refractivity contribution in [2.75, 3.05) is 0 Å². The Labute approximate surface area is 332 Å². The van der Waals surface area contributed by atoms with Crippen LogP contribution in [-0.2, 0) is 0 Å². The van der Waals surface area contributed by atoms with Crippen molar-refractivity contribution in [3.63, 3.8) is 0 Å². The molecule has 0 spiro atoms. The summed E-state index contributed by atoms with van der Waals surface area (Å²) in [6.07, 6.45) is 0. The van der Waals surface area contributed by atoms with Gasteiger partial charge in [-0.25, -0.2) is 15.0 Å². The van der Waals surface area contributed by atoms with Crippen LogP contribution in [0.5, 0.6) is 0 Å². The molecule has 3 heterocycles. The topological polar surface area (TPSA) is 65.0 Å². The molecule has 58 heavy (non-hydrogen) atoms. The molecule has 0 aliphatic carbocycles. The molecule has 0 bridgehead atoms. The SMILES string of the molecule is c1ccc(-c2nc(-c3ccc(-c4ccc(-c5ccc6ccccc6c5)c5oc6ccccc6c45)c4ccccc34)nc(-c3cccc4c3oc3ccccc34)n2)cc1. The summed E-state index contributed by atoms with van der Waals surface area (Å²) in [5.41, 5.74) is 10.3. The van der Waals surface area contributed by atoms with Gasteiger partial charge in [0.1, 0.15) is 22.3 Å². The van der Waals surface area contributed by atoms with Crippen LogP contribution in [0.2, 0.25) is 0 Å². The molecule has 0 radical (unpaired) electrons. The maximum atomic E-state index is 6.74. The highest BCUT2D eigenvalue weighted by Gasteiger charge is 2.22. The van der Waals surface area contributed by atoms with Crippen molar-refractivity contribution < 1.29 is 8.83 Å². The molecule has 12 rings (SSSR count). The van der Waals surface area contributed by atoms with Gasteiger partial charge in [-0.05, 0) is 74.6 Å². The number of para-hydroxylation sites is 3. The van der Waals surface area contributed by atoms with Crippen LogP contribution in [0.15, 0.2) is 197 Å². The number of hydrogen-bond donors (Lipinski definition) is 0. The molecule has 5 nitrogen and oxygen atoms in total. The average molecular weight is 742 g/mol. The average Bonchev–Trinajstić information content (AvgIpc) is 3.88. The third-order valence-corrected chi connectivity index (χ3v) is 11.4. The Morgan fingerprint density at radius 3 is 1.69 bits per heavy atom. The molecule has 0 atom stereocenters. The molecule has 0 fully saturated rings. The maximum absolute atomic E-state index is 6.74. The lowest BCUT2D eigenvalue weighted by molar-refractivity contribution is 0.669. The van der Waals surface area contributed by atoms with Crippen LogP contribution in [-0.4, -0.2) is 15.0 Å². The van der Waals surface area contributed by atoms with E-state index in [-0.39, 0.29) is 0 Å². The summed E-state index contributed by atoms with van der Waals surface area (Å²) in [4.78, 5) is 15.5. The fourth-order valence-corrected chi connectivity index (χ4v) is 8.62. The molecule has 0 unspecified atom stereocenters. The summed E-state index contributed by atoms with van der Waals surface area (Å²) in [5.74, 6) is 1.74. The number of aromatic nitrogens is 3. The molecule has 270 valence electrons. The summed E-state index contributed by atoms with van der Waals surface area (Å²) in [6.45, 7) is 0. The van der Waals surface area contributed by atoms with Crippen molar-refractivity contribution in [2.24, 2.45) is 0 Å². The number of fused-ring (bicyclic) bond motifs is 8. The van der Waals surface area contributed by atoms with E-state index in [9.17, 15) is 0 Å². The van der Waals surface area contributed by atoms with Crippen molar-refractivity contribution in [1.29, 1.82) is 0 Å². The predicted octanol–water partition coefficient (Wildman–Crippen LogP) is 14.3. The van der Waals surface area contributed by atoms with Crippen LogP contribution in [0.4, 0.5) is 0 Å². The van der Waals surface area contributed by atoms with Gasteiger partial charge in [-0.2, -0.15) is 0 Å². The van der Waals surface area contributed by atoms with Crippen LogP contribution in [0, 0.1) is 0 Å². The van der Waals surface area contributed by atoms with Gasteiger partial charge in [0.15, 0.2) is 17.5 Å². The highest BCUT2D eigenvalue weighted by atomic mass is 16.3. The minimum Gasteiger partial charge on any atom is -0.455 e. The Hall–Kier alpha value is -7.89. The van der Waals surface area contributed by atoms with Gasteiger partial charge in [0.05, 0.1) is 5.56 Å². The molecule has 0 saturated carbocycles. The lowest BCUT2D eigenvalue weighted by atomic mass is 9.90. The third-order valence-electron chi connectivity index (χ3n) is 11.4. The van der Waals surface area contributed by atoms with E-state index in [0.717, 1.165) is 93.6 Å². The lowest BCUT2D eigenvalue weighted by Gasteiger charge is -2.14. The summed E-state index contributed by atoms with van der Waals surface area (Å²) in [5, 5.41) is 8.79. The second-order valence-corrected chi connectivity index (χ2v) is 14.7. The predicted molar refractivity (Wildman–Crippen MR) is 237 cm³/mol. The first kappa shape index (κ1) is 32.4. The van der Waals surface area contributed by atoms with E-state index in [0.29, 0.717) is 17.5 Å². The van der Waals surface area contributed by atoms with Crippen molar-refractivity contribution in [3.05, 3.63) is 188 Å². The Kier molecular flexibility index (Phi) is 7.16. The molecule has 0 N–H and O–H groups in total. The van der Waals surface area contributed by atoms with Crippen LogP contribution in [0.3, 0.4) is 0 Å². The molecular formula is C53H31N3O2. The molecule has 0 amide bonds. The zero-order chi connectivity index (χ0) is 38.2. The first-order chi connectivity index (χ1) is 28.7. The second-order valence-electron chi connectivity index (χ2n) is 14.7. The number of benzene rings is 9. The van der Waals surface area contributed by atoms with Crippen LogP contribution >= 0.6 is 0 Å². The van der Waals surface area contributed by atoms with Gasteiger partial charge >= 0.3 is 0 Å². The van der Waals surface area contributed by atoms with E-state index in [4.69, 9.17) is 23.8 Å². The first-order valence-corrected chi connectivity index (χ1v) is 19.4. The highest BCUT2D eigenvalue weighted by molar-refractivity contribution is 6.19. The van der Waals surface area contributed by atoms with Crippen molar-refractivity contribution in [3.8, 4) is 56.4 Å². The summed E-state index contributed by atoms with van der Waals surface area (Å²) < 4.78 is 13.2. The van der Waals surface area contributed by atoms with E-state index in [1.54, 1.807) is 0 Å². The molecule has 0 aliphatic heterocycles. The number of furan rings is 2. The van der Waals surface area contributed by atoms with Gasteiger partial charge in [0.25, 0.3) is 0 Å². The molecule has 5 heteroatoms. The molecule has 0 saturated heterocycles. The number of hydrogen-bond acceptors (Lipinski definition) is 5. The van der Waals surface area contributed by atoms with Gasteiger partial charge < -0.3 is 8.83 Å². The van der Waals surface area contributed by atoms with E-state index in [1.165, 1.54) is 10.8 Å². The Morgan fingerprint density at radius 1 is 0.293 bits per heavy atom. The Bertz CT molecular complexity index is 3580. The fraction of sp³-hybridized carbons (Fsp3) is 0. The zero-order valence-electron chi connectivity index (χ0n) is 31.1. The Morgan fingerprint density at radius 2 is 0.862 bits per heavy atom. The second kappa shape index (κ2) is 12.8. The van der Waals surface area contributed by atoms with E-state index < -0.39 is 0 Å². The monoisotopic (exact) mass is 741 g/mol. The standard InChI is InChI=1S/C53H31N3O2/c1-2-14-33(15-3-1)51-54-52(56-53(55-51)45-22-12-21-42-40-19-8-10-23-46(40)57-49(42)45)43-30-28-39(37-17-6-7-18-38(37)43)41-29-27-36(35-26-25-32-13-4-5-16-34(32)31-35)50-48(41)44-20-9-11-24-47(44)58-50/h1-31H. The van der Waals surface area contributed by atoms with Gasteiger partial charge in [-0.3, -0.25) is 0 Å². The molecule has 9 aromatic carbocycles. The minimum atomic E-state index is 0.553. The van der Waals surface area contributed by atoms with Crippen molar-refractivity contribution >= 4 is 65.4 Å². The quantitative estimate of drug-likeness (QED) is 0.176. The van der Waals surface area contributed by atoms with Crippen molar-refractivity contribution in [2.45, 2.75) is 0 Å². The van der Waals surface area contributed by atoms with Crippen LogP contribution < -0.4 is 0 Å². The molecule has 12 aromatic rings. The van der Waals surface area contributed by atoms with E-state index >= 15 is 0 Å². The third kappa shape index (κ3) is 5.07. The largest absolute Gasteiger partial charge is 0.455 e. The van der Waals surface area contributed by atoms with Crippen molar-refractivity contribution in [1.82, 2.24) is 15.0 Å². The number of rotatable bonds is 5. The summed E-state index contributed by atoms with van der Waals surface area (Å²) >= 11 is 0. The molecule has 3 aromatic heterocycles. The normalized spacial score (nSPS) is 11.8. The maximum Gasteiger partial charge on any atom is 0.167 e. The van der Waals surface area contributed by atoms with E-state index in [2.05, 4.69) is 121 Å². The Balaban J connectivity index is 1.07. The smallest absolute Gasteiger partial charge is 0.167 e. The zero-order valence-corrected chi connectivity index (χ0v) is 31.1. The minimum absolute atomic E-state index is 0.553.